The summed E-state index contributed by atoms with van der Waals surface area (Å²) in [6.45, 7) is 2.51. The molecule has 2 aromatic rings. The topological polar surface area (TPSA) is 64.6 Å². The van der Waals surface area contributed by atoms with Gasteiger partial charge in [0.25, 0.3) is 5.91 Å². The van der Waals surface area contributed by atoms with Crippen molar-refractivity contribution in [3.63, 3.8) is 0 Å². The number of ether oxygens (including phenoxy) is 2. The highest BCUT2D eigenvalue weighted by Crippen LogP contribution is 2.47. The number of nitrogens with one attached hydrogen (secondary N) is 1. The molecule has 1 atom stereocenters. The SMILES string of the molecule is CC[C@@]1(c2ccccc2)COc2c(C(=O)NC)cc(C(=O)OC)cc21. The highest BCUT2D eigenvalue weighted by molar-refractivity contribution is 6.01. The fourth-order valence-electron chi connectivity index (χ4n) is 3.44. The molecule has 130 valence electrons. The van der Waals surface area contributed by atoms with E-state index in [1.165, 1.54) is 13.2 Å². The van der Waals surface area contributed by atoms with E-state index in [-0.39, 0.29) is 5.91 Å². The van der Waals surface area contributed by atoms with Gasteiger partial charge >= 0.3 is 5.97 Å². The average Bonchev–Trinajstić information content (AvgIpc) is 3.06. The van der Waals surface area contributed by atoms with Crippen LogP contribution in [0.2, 0.25) is 0 Å². The van der Waals surface area contributed by atoms with Crippen molar-refractivity contribution in [3.05, 3.63) is 64.7 Å². The Kier molecular flexibility index (Phi) is 4.49. The molecule has 1 heterocycles. The van der Waals surface area contributed by atoms with Crippen LogP contribution in [0.3, 0.4) is 0 Å². The van der Waals surface area contributed by atoms with Gasteiger partial charge in [0.05, 0.1) is 23.7 Å². The summed E-state index contributed by atoms with van der Waals surface area (Å²) in [5.74, 6) is -0.224. The maximum absolute atomic E-state index is 12.3. The molecule has 5 nitrogen and oxygen atoms in total. The molecule has 0 spiro atoms. The summed E-state index contributed by atoms with van der Waals surface area (Å²) in [5.41, 5.74) is 2.25. The molecule has 1 amide bonds. The summed E-state index contributed by atoms with van der Waals surface area (Å²) in [6, 6.07) is 13.3. The summed E-state index contributed by atoms with van der Waals surface area (Å²) < 4.78 is 10.8. The van der Waals surface area contributed by atoms with Gasteiger partial charge in [0.15, 0.2) is 0 Å². The minimum absolute atomic E-state index is 0.290. The fraction of sp³-hybridized carbons (Fsp3) is 0.300. The number of carbonyl (C=O) groups excluding carboxylic acids is 2. The van der Waals surface area contributed by atoms with Crippen LogP contribution in [0.4, 0.5) is 0 Å². The largest absolute Gasteiger partial charge is 0.491 e. The van der Waals surface area contributed by atoms with E-state index in [2.05, 4.69) is 12.2 Å². The van der Waals surface area contributed by atoms with Crippen molar-refractivity contribution < 1.29 is 19.1 Å². The number of methoxy groups -OCH3 is 1. The Morgan fingerprint density at radius 2 is 1.96 bits per heavy atom. The van der Waals surface area contributed by atoms with E-state index in [1.54, 1.807) is 13.1 Å². The molecule has 0 aromatic heterocycles. The van der Waals surface area contributed by atoms with Gasteiger partial charge in [-0.15, -0.1) is 0 Å². The van der Waals surface area contributed by atoms with E-state index in [9.17, 15) is 9.59 Å². The summed E-state index contributed by atoms with van der Waals surface area (Å²) in [7, 11) is 2.88. The van der Waals surface area contributed by atoms with Gasteiger partial charge in [-0.05, 0) is 24.1 Å². The number of hydrogen-bond acceptors (Lipinski definition) is 4. The first-order chi connectivity index (χ1) is 12.1. The molecule has 0 aliphatic carbocycles. The zero-order chi connectivity index (χ0) is 18.0. The number of esters is 1. The summed E-state index contributed by atoms with van der Waals surface area (Å²) in [6.07, 6.45) is 0.780. The molecule has 0 saturated heterocycles. The highest BCUT2D eigenvalue weighted by Gasteiger charge is 2.43. The van der Waals surface area contributed by atoms with Gasteiger partial charge in [0, 0.05) is 12.6 Å². The van der Waals surface area contributed by atoms with Crippen molar-refractivity contribution in [2.75, 3.05) is 20.8 Å². The Hall–Kier alpha value is -2.82. The van der Waals surface area contributed by atoms with Crippen LogP contribution < -0.4 is 10.1 Å². The van der Waals surface area contributed by atoms with E-state index >= 15 is 0 Å². The van der Waals surface area contributed by atoms with Crippen LogP contribution in [0, 0.1) is 0 Å². The first-order valence-corrected chi connectivity index (χ1v) is 8.24. The second-order valence-corrected chi connectivity index (χ2v) is 6.06. The molecule has 1 aliphatic rings. The van der Waals surface area contributed by atoms with E-state index in [0.29, 0.717) is 23.5 Å². The lowest BCUT2D eigenvalue weighted by atomic mass is 9.73. The average molecular weight is 339 g/mol. The third-order valence-corrected chi connectivity index (χ3v) is 4.89. The van der Waals surface area contributed by atoms with Crippen molar-refractivity contribution in [3.8, 4) is 5.75 Å². The predicted octanol–water partition coefficient (Wildman–Crippen LogP) is 2.92. The summed E-state index contributed by atoms with van der Waals surface area (Å²) in [5, 5.41) is 2.61. The van der Waals surface area contributed by atoms with E-state index in [0.717, 1.165) is 17.5 Å². The minimum Gasteiger partial charge on any atom is -0.491 e. The number of hydrogen-bond donors (Lipinski definition) is 1. The lowest BCUT2D eigenvalue weighted by Crippen LogP contribution is -2.28. The molecule has 3 rings (SSSR count). The zero-order valence-electron chi connectivity index (χ0n) is 14.6. The summed E-state index contributed by atoms with van der Waals surface area (Å²) in [4.78, 5) is 24.4. The molecule has 1 N–H and O–H groups in total. The monoisotopic (exact) mass is 339 g/mol. The summed E-state index contributed by atoms with van der Waals surface area (Å²) >= 11 is 0. The molecule has 0 radical (unpaired) electrons. The molecule has 25 heavy (non-hydrogen) atoms. The minimum atomic E-state index is -0.474. The molecule has 5 heteroatoms. The molecule has 0 bridgehead atoms. The number of rotatable bonds is 4. The molecular weight excluding hydrogens is 318 g/mol. The molecule has 0 fully saturated rings. The van der Waals surface area contributed by atoms with Gasteiger partial charge in [0.2, 0.25) is 0 Å². The van der Waals surface area contributed by atoms with Crippen LogP contribution in [-0.4, -0.2) is 32.6 Å². The first kappa shape index (κ1) is 17.0. The third kappa shape index (κ3) is 2.65. The van der Waals surface area contributed by atoms with Crippen LogP contribution in [0.5, 0.6) is 5.75 Å². The molecule has 0 saturated carbocycles. The van der Waals surface area contributed by atoms with E-state index in [1.807, 2.05) is 30.3 Å². The first-order valence-electron chi connectivity index (χ1n) is 8.24. The van der Waals surface area contributed by atoms with Crippen LogP contribution in [0.1, 0.15) is 45.2 Å². The normalized spacial score (nSPS) is 18.2. The highest BCUT2D eigenvalue weighted by atomic mass is 16.5. The lowest BCUT2D eigenvalue weighted by Gasteiger charge is -2.27. The van der Waals surface area contributed by atoms with Crippen LogP contribution in [-0.2, 0) is 10.2 Å². The number of carbonyl (C=O) groups is 2. The van der Waals surface area contributed by atoms with Crippen LogP contribution in [0.15, 0.2) is 42.5 Å². The van der Waals surface area contributed by atoms with Gasteiger partial charge in [0.1, 0.15) is 12.4 Å². The Labute approximate surface area is 147 Å². The van der Waals surface area contributed by atoms with Crippen LogP contribution in [0.25, 0.3) is 0 Å². The predicted molar refractivity (Wildman–Crippen MR) is 94.2 cm³/mol. The third-order valence-electron chi connectivity index (χ3n) is 4.89. The maximum atomic E-state index is 12.3. The van der Waals surface area contributed by atoms with Crippen molar-refractivity contribution in [1.82, 2.24) is 5.32 Å². The standard InChI is InChI=1S/C20H21NO4/c1-4-20(14-8-6-5-7-9-14)12-25-17-15(18(22)21-2)10-13(11-16(17)20)19(23)24-3/h5-11H,4,12H2,1-3H3,(H,21,22)/t20-/m0/s1. The number of benzene rings is 2. The number of fused-ring (bicyclic) bond motifs is 1. The van der Waals surface area contributed by atoms with Crippen molar-refractivity contribution in [1.29, 1.82) is 0 Å². The van der Waals surface area contributed by atoms with Crippen molar-refractivity contribution in [2.24, 2.45) is 0 Å². The number of amides is 1. The maximum Gasteiger partial charge on any atom is 0.337 e. The van der Waals surface area contributed by atoms with Gasteiger partial charge in [-0.25, -0.2) is 4.79 Å². The Balaban J connectivity index is 2.27. The van der Waals surface area contributed by atoms with Gasteiger partial charge in [-0.1, -0.05) is 37.3 Å². The Bertz CT molecular complexity index is 816. The quantitative estimate of drug-likeness (QED) is 0.870. The van der Waals surface area contributed by atoms with E-state index < -0.39 is 11.4 Å². The molecule has 2 aromatic carbocycles. The molecular formula is C20H21NO4. The fourth-order valence-corrected chi connectivity index (χ4v) is 3.44. The zero-order valence-corrected chi connectivity index (χ0v) is 14.6. The smallest absolute Gasteiger partial charge is 0.337 e. The molecule has 1 aliphatic heterocycles. The van der Waals surface area contributed by atoms with Crippen LogP contribution >= 0.6 is 0 Å². The second-order valence-electron chi connectivity index (χ2n) is 6.06. The van der Waals surface area contributed by atoms with Gasteiger partial charge in [-0.3, -0.25) is 4.79 Å². The Morgan fingerprint density at radius 3 is 2.56 bits per heavy atom. The Morgan fingerprint density at radius 1 is 1.24 bits per heavy atom. The molecule has 0 unspecified atom stereocenters. The lowest BCUT2D eigenvalue weighted by molar-refractivity contribution is 0.0600. The second kappa shape index (κ2) is 6.59. The van der Waals surface area contributed by atoms with E-state index in [4.69, 9.17) is 9.47 Å². The van der Waals surface area contributed by atoms with Crippen molar-refractivity contribution >= 4 is 11.9 Å². The van der Waals surface area contributed by atoms with Crippen molar-refractivity contribution in [2.45, 2.75) is 18.8 Å². The van der Waals surface area contributed by atoms with Gasteiger partial charge in [-0.2, -0.15) is 0 Å². The van der Waals surface area contributed by atoms with Gasteiger partial charge < -0.3 is 14.8 Å².